The molecule has 0 unspecified atom stereocenters. The van der Waals surface area contributed by atoms with Crippen molar-refractivity contribution in [2.24, 2.45) is 0 Å². The van der Waals surface area contributed by atoms with Crippen molar-refractivity contribution in [3.05, 3.63) is 59.7 Å². The van der Waals surface area contributed by atoms with Gasteiger partial charge < -0.3 is 19.7 Å². The molecule has 2 aromatic carbocycles. The number of methoxy groups -OCH3 is 1. The minimum absolute atomic E-state index is 0.0899. The summed E-state index contributed by atoms with van der Waals surface area (Å²) in [6.45, 7) is 4.22. The molecule has 0 spiro atoms. The minimum atomic E-state index is -0.560. The van der Waals surface area contributed by atoms with Gasteiger partial charge in [-0.25, -0.2) is 0 Å². The lowest BCUT2D eigenvalue weighted by Crippen LogP contribution is -2.52. The van der Waals surface area contributed by atoms with E-state index in [4.69, 9.17) is 9.47 Å². The van der Waals surface area contributed by atoms with Crippen molar-refractivity contribution >= 4 is 11.8 Å². The number of nitrogens with one attached hydrogen (secondary N) is 1. The molecule has 0 saturated heterocycles. The molecule has 0 heterocycles. The summed E-state index contributed by atoms with van der Waals surface area (Å²) < 4.78 is 11.1. The number of benzene rings is 2. The van der Waals surface area contributed by atoms with E-state index in [2.05, 4.69) is 12.2 Å². The largest absolute Gasteiger partial charge is 0.497 e. The van der Waals surface area contributed by atoms with Gasteiger partial charge in [0.05, 0.1) is 7.11 Å². The monoisotopic (exact) mass is 452 g/mol. The van der Waals surface area contributed by atoms with E-state index in [9.17, 15) is 9.59 Å². The second-order valence-corrected chi connectivity index (χ2v) is 8.57. The minimum Gasteiger partial charge on any atom is -0.497 e. The highest BCUT2D eigenvalue weighted by molar-refractivity contribution is 5.88. The highest BCUT2D eigenvalue weighted by Gasteiger charge is 2.31. The Labute approximate surface area is 197 Å². The van der Waals surface area contributed by atoms with E-state index in [1.807, 2.05) is 55.5 Å². The first-order valence-electron chi connectivity index (χ1n) is 12.0. The Morgan fingerprint density at radius 1 is 1.03 bits per heavy atom. The van der Waals surface area contributed by atoms with Crippen LogP contribution in [0.2, 0.25) is 0 Å². The summed E-state index contributed by atoms with van der Waals surface area (Å²) in [6, 6.07) is 15.0. The van der Waals surface area contributed by atoms with Crippen molar-refractivity contribution < 1.29 is 19.1 Å². The first kappa shape index (κ1) is 24.6. The number of rotatable bonds is 11. The summed E-state index contributed by atoms with van der Waals surface area (Å²) in [4.78, 5) is 28.1. The smallest absolute Gasteiger partial charge is 0.261 e. The number of nitrogens with zero attached hydrogens (tertiary/aromatic N) is 1. The van der Waals surface area contributed by atoms with Gasteiger partial charge in [0.1, 0.15) is 17.5 Å². The molecule has 178 valence electrons. The maximum absolute atomic E-state index is 13.3. The van der Waals surface area contributed by atoms with Crippen LogP contribution in [0.25, 0.3) is 0 Å². The Kier molecular flexibility index (Phi) is 9.16. The Morgan fingerprint density at radius 3 is 2.39 bits per heavy atom. The average Bonchev–Trinajstić information content (AvgIpc) is 3.35. The number of hydrogen-bond acceptors (Lipinski definition) is 4. The molecule has 1 aliphatic rings. The highest BCUT2D eigenvalue weighted by Crippen LogP contribution is 2.21. The third-order valence-corrected chi connectivity index (χ3v) is 6.27. The van der Waals surface area contributed by atoms with Crippen LogP contribution in [0, 0.1) is 0 Å². The zero-order valence-corrected chi connectivity index (χ0v) is 20.0. The maximum atomic E-state index is 13.3. The molecule has 2 amide bonds. The second kappa shape index (κ2) is 12.3. The van der Waals surface area contributed by atoms with E-state index >= 15 is 0 Å². The Balaban J connectivity index is 1.75. The fraction of sp³-hybridized carbons (Fsp3) is 0.481. The van der Waals surface area contributed by atoms with Crippen LogP contribution in [0.3, 0.4) is 0 Å². The quantitative estimate of drug-likeness (QED) is 0.545. The van der Waals surface area contributed by atoms with Crippen LogP contribution in [0.5, 0.6) is 11.5 Å². The molecule has 1 saturated carbocycles. The molecule has 0 radical (unpaired) electrons. The van der Waals surface area contributed by atoms with Gasteiger partial charge in [-0.2, -0.15) is 0 Å². The number of carbonyl (C=O) groups excluding carboxylic acids is 2. The van der Waals surface area contributed by atoms with Crippen molar-refractivity contribution in [2.45, 2.75) is 71.0 Å². The van der Waals surface area contributed by atoms with Gasteiger partial charge in [0.2, 0.25) is 5.91 Å². The van der Waals surface area contributed by atoms with Gasteiger partial charge in [0.25, 0.3) is 5.91 Å². The zero-order chi connectivity index (χ0) is 23.6. The lowest BCUT2D eigenvalue weighted by Gasteiger charge is -2.31. The van der Waals surface area contributed by atoms with Crippen LogP contribution in [0.4, 0.5) is 0 Å². The number of hydrogen-bond donors (Lipinski definition) is 1. The first-order valence-corrected chi connectivity index (χ1v) is 12.0. The topological polar surface area (TPSA) is 67.9 Å². The van der Waals surface area contributed by atoms with E-state index in [1.165, 1.54) is 5.56 Å². The molecule has 1 fully saturated rings. The van der Waals surface area contributed by atoms with Crippen LogP contribution in [-0.2, 0) is 22.6 Å². The predicted octanol–water partition coefficient (Wildman–Crippen LogP) is 4.50. The average molecular weight is 453 g/mol. The first-order chi connectivity index (χ1) is 16.0. The molecule has 1 atom stereocenters. The molecule has 6 heteroatoms. The van der Waals surface area contributed by atoms with Gasteiger partial charge in [0, 0.05) is 12.6 Å². The Morgan fingerprint density at radius 2 is 1.76 bits per heavy atom. The third kappa shape index (κ3) is 6.98. The van der Waals surface area contributed by atoms with E-state index in [-0.39, 0.29) is 24.5 Å². The van der Waals surface area contributed by atoms with Crippen molar-refractivity contribution in [3.63, 3.8) is 0 Å². The summed E-state index contributed by atoms with van der Waals surface area (Å²) in [5.41, 5.74) is 2.12. The number of amides is 2. The summed E-state index contributed by atoms with van der Waals surface area (Å²) in [5.74, 6) is 1.06. The normalized spacial score (nSPS) is 14.5. The fourth-order valence-electron chi connectivity index (χ4n) is 4.30. The zero-order valence-electron chi connectivity index (χ0n) is 20.0. The highest BCUT2D eigenvalue weighted by atomic mass is 16.5. The maximum Gasteiger partial charge on any atom is 0.261 e. The molecule has 2 aromatic rings. The molecule has 1 aliphatic carbocycles. The van der Waals surface area contributed by atoms with Crippen LogP contribution >= 0.6 is 0 Å². The SMILES string of the molecule is CCc1ccc(OCC(=O)N(Cc2cccc(OC)c2)[C@H](CC)C(=O)NC2CCCC2)cc1. The lowest BCUT2D eigenvalue weighted by molar-refractivity contribution is -0.143. The molecule has 0 aromatic heterocycles. The van der Waals surface area contributed by atoms with Crippen molar-refractivity contribution in [1.82, 2.24) is 10.2 Å². The van der Waals surface area contributed by atoms with E-state index in [1.54, 1.807) is 12.0 Å². The van der Waals surface area contributed by atoms with Gasteiger partial charge in [0.15, 0.2) is 6.61 Å². The van der Waals surface area contributed by atoms with Gasteiger partial charge in [-0.05, 0) is 61.1 Å². The lowest BCUT2D eigenvalue weighted by atomic mass is 10.1. The van der Waals surface area contributed by atoms with Crippen molar-refractivity contribution in [1.29, 1.82) is 0 Å². The summed E-state index contributed by atoms with van der Waals surface area (Å²) in [6.07, 6.45) is 5.75. The van der Waals surface area contributed by atoms with Crippen LogP contribution < -0.4 is 14.8 Å². The second-order valence-electron chi connectivity index (χ2n) is 8.57. The predicted molar refractivity (Wildman–Crippen MR) is 129 cm³/mol. The van der Waals surface area contributed by atoms with E-state index in [0.29, 0.717) is 18.7 Å². The molecular formula is C27H36N2O4. The summed E-state index contributed by atoms with van der Waals surface area (Å²) >= 11 is 0. The summed E-state index contributed by atoms with van der Waals surface area (Å²) in [5, 5.41) is 3.16. The van der Waals surface area contributed by atoms with Gasteiger partial charge in [-0.15, -0.1) is 0 Å². The van der Waals surface area contributed by atoms with Crippen molar-refractivity contribution in [2.75, 3.05) is 13.7 Å². The van der Waals surface area contributed by atoms with Gasteiger partial charge in [-0.3, -0.25) is 9.59 Å². The molecule has 0 aliphatic heterocycles. The molecule has 6 nitrogen and oxygen atoms in total. The molecule has 1 N–H and O–H groups in total. The number of carbonyl (C=O) groups is 2. The van der Waals surface area contributed by atoms with Crippen LogP contribution in [-0.4, -0.2) is 42.5 Å². The van der Waals surface area contributed by atoms with Gasteiger partial charge in [-0.1, -0.05) is 51.0 Å². The number of aryl methyl sites for hydroxylation is 1. The standard InChI is InChI=1S/C27H36N2O4/c1-4-20-13-15-23(16-14-20)33-19-26(30)29(18-21-9-8-12-24(17-21)32-3)25(5-2)27(31)28-22-10-6-7-11-22/h8-9,12-17,22,25H,4-7,10-11,18-19H2,1-3H3,(H,28,31)/t25-/m1/s1. The fourth-order valence-corrected chi connectivity index (χ4v) is 4.30. The van der Waals surface area contributed by atoms with Crippen LogP contribution in [0.1, 0.15) is 57.1 Å². The third-order valence-electron chi connectivity index (χ3n) is 6.27. The molecular weight excluding hydrogens is 416 g/mol. The van der Waals surface area contributed by atoms with Crippen molar-refractivity contribution in [3.8, 4) is 11.5 Å². The van der Waals surface area contributed by atoms with E-state index < -0.39 is 6.04 Å². The Bertz CT molecular complexity index is 907. The van der Waals surface area contributed by atoms with E-state index in [0.717, 1.165) is 43.4 Å². The van der Waals surface area contributed by atoms with Crippen LogP contribution in [0.15, 0.2) is 48.5 Å². The Hall–Kier alpha value is -3.02. The van der Waals surface area contributed by atoms with Gasteiger partial charge >= 0.3 is 0 Å². The number of ether oxygens (including phenoxy) is 2. The molecule has 33 heavy (non-hydrogen) atoms. The molecule has 0 bridgehead atoms. The summed E-state index contributed by atoms with van der Waals surface area (Å²) in [7, 11) is 1.61. The molecule has 3 rings (SSSR count).